The van der Waals surface area contributed by atoms with Gasteiger partial charge in [0.15, 0.2) is 5.82 Å². The zero-order valence-corrected chi connectivity index (χ0v) is 10.1. The Morgan fingerprint density at radius 1 is 1.69 bits per heavy atom. The van der Waals surface area contributed by atoms with Gasteiger partial charge in [0, 0.05) is 0 Å². The lowest BCUT2D eigenvalue weighted by Crippen LogP contribution is -2.31. The zero-order chi connectivity index (χ0) is 12.0. The van der Waals surface area contributed by atoms with Crippen LogP contribution in [0.2, 0.25) is 0 Å². The predicted molar refractivity (Wildman–Crippen MR) is 59.6 cm³/mol. The van der Waals surface area contributed by atoms with Crippen molar-refractivity contribution < 1.29 is 9.53 Å². The summed E-state index contributed by atoms with van der Waals surface area (Å²) in [6, 6.07) is -0.549. The Morgan fingerprint density at radius 3 is 3.00 bits per heavy atom. The minimum absolute atomic E-state index is 0.377. The van der Waals surface area contributed by atoms with Crippen LogP contribution in [0.5, 0.6) is 0 Å². The maximum atomic E-state index is 11.0. The molecule has 0 bridgehead atoms. The number of nitrogens with zero attached hydrogens (tertiary/aromatic N) is 4. The third-order valence-corrected chi connectivity index (χ3v) is 2.84. The molecule has 0 saturated carbocycles. The lowest BCUT2D eigenvalue weighted by molar-refractivity contribution is -0.142. The van der Waals surface area contributed by atoms with E-state index in [4.69, 9.17) is 5.73 Å². The third-order valence-electron chi connectivity index (χ3n) is 1.86. The molecule has 1 rings (SSSR count). The number of aryl methyl sites for hydroxylation is 1. The molecular formula is C8H15N5O2S. The highest BCUT2D eigenvalue weighted by atomic mass is 32.2. The number of hydrogen-bond acceptors (Lipinski definition) is 7. The summed E-state index contributed by atoms with van der Waals surface area (Å²) in [5.41, 5.74) is 5.58. The maximum Gasteiger partial charge on any atom is 0.322 e. The molecule has 1 atom stereocenters. The van der Waals surface area contributed by atoms with E-state index >= 15 is 0 Å². The van der Waals surface area contributed by atoms with Gasteiger partial charge < -0.3 is 10.5 Å². The molecule has 1 unspecified atom stereocenters. The lowest BCUT2D eigenvalue weighted by atomic mass is 10.2. The Morgan fingerprint density at radius 2 is 2.44 bits per heavy atom. The number of rotatable bonds is 6. The summed E-state index contributed by atoms with van der Waals surface area (Å²) in [6.45, 7) is 0. The largest absolute Gasteiger partial charge is 0.468 e. The molecule has 90 valence electrons. The van der Waals surface area contributed by atoms with Crippen molar-refractivity contribution in [2.75, 3.05) is 12.9 Å². The van der Waals surface area contributed by atoms with Crippen molar-refractivity contribution in [3.63, 3.8) is 0 Å². The normalized spacial score (nSPS) is 12.4. The van der Waals surface area contributed by atoms with Crippen molar-refractivity contribution in [1.82, 2.24) is 20.2 Å². The topological polar surface area (TPSA) is 95.9 Å². The smallest absolute Gasteiger partial charge is 0.322 e. The molecule has 0 fully saturated rings. The number of ether oxygens (including phenoxy) is 1. The van der Waals surface area contributed by atoms with Crippen LogP contribution >= 0.6 is 11.8 Å². The molecule has 1 aromatic rings. The van der Waals surface area contributed by atoms with Crippen LogP contribution in [0, 0.1) is 0 Å². The van der Waals surface area contributed by atoms with E-state index in [-0.39, 0.29) is 5.97 Å². The van der Waals surface area contributed by atoms with Gasteiger partial charge in [0.1, 0.15) is 6.04 Å². The van der Waals surface area contributed by atoms with Gasteiger partial charge in [0.2, 0.25) is 0 Å². The van der Waals surface area contributed by atoms with Crippen LogP contribution in [0.25, 0.3) is 0 Å². The van der Waals surface area contributed by atoms with Gasteiger partial charge in [0.05, 0.1) is 19.9 Å². The Kier molecular flexibility index (Phi) is 5.20. The van der Waals surface area contributed by atoms with E-state index in [0.29, 0.717) is 18.0 Å². The first kappa shape index (κ1) is 12.9. The predicted octanol–water partition coefficient (Wildman–Crippen LogP) is -0.666. The monoisotopic (exact) mass is 245 g/mol. The van der Waals surface area contributed by atoms with Gasteiger partial charge in [-0.05, 0) is 17.4 Å². The van der Waals surface area contributed by atoms with Crippen LogP contribution in [0.1, 0.15) is 12.2 Å². The second kappa shape index (κ2) is 6.44. The summed E-state index contributed by atoms with van der Waals surface area (Å²) < 4.78 is 4.52. The standard InChI is InChI=1S/C8H15N5O2S/c1-13-11-7(10-12-13)5-16-4-3-6(9)8(14)15-2/h6H,3-5,9H2,1-2H3. The number of carbonyl (C=O) groups excluding carboxylic acids is 1. The zero-order valence-electron chi connectivity index (χ0n) is 9.29. The Hall–Kier alpha value is -1.15. The fourth-order valence-electron chi connectivity index (χ4n) is 1.02. The van der Waals surface area contributed by atoms with Crippen molar-refractivity contribution in [3.8, 4) is 0 Å². The lowest BCUT2D eigenvalue weighted by Gasteiger charge is -2.07. The first-order valence-corrected chi connectivity index (χ1v) is 5.93. The van der Waals surface area contributed by atoms with Crippen LogP contribution in [0.3, 0.4) is 0 Å². The van der Waals surface area contributed by atoms with Gasteiger partial charge in [-0.15, -0.1) is 10.2 Å². The Balaban J connectivity index is 2.14. The van der Waals surface area contributed by atoms with E-state index < -0.39 is 6.04 Å². The van der Waals surface area contributed by atoms with Crippen LogP contribution in [-0.2, 0) is 22.3 Å². The third kappa shape index (κ3) is 4.15. The molecular weight excluding hydrogens is 230 g/mol. The van der Waals surface area contributed by atoms with Gasteiger partial charge >= 0.3 is 5.97 Å². The molecule has 1 aromatic heterocycles. The Bertz CT molecular complexity index is 343. The molecule has 0 spiro atoms. The summed E-state index contributed by atoms with van der Waals surface area (Å²) in [5.74, 6) is 1.73. The summed E-state index contributed by atoms with van der Waals surface area (Å²) in [4.78, 5) is 12.4. The molecule has 0 aromatic carbocycles. The first-order valence-electron chi connectivity index (χ1n) is 4.77. The van der Waals surface area contributed by atoms with E-state index in [2.05, 4.69) is 20.1 Å². The van der Waals surface area contributed by atoms with Crippen molar-refractivity contribution in [2.24, 2.45) is 12.8 Å². The second-order valence-corrected chi connectivity index (χ2v) is 4.27. The highest BCUT2D eigenvalue weighted by Crippen LogP contribution is 2.09. The summed E-state index contributed by atoms with van der Waals surface area (Å²) in [6.07, 6.45) is 0.581. The molecule has 0 saturated heterocycles. The van der Waals surface area contributed by atoms with Gasteiger partial charge in [-0.3, -0.25) is 4.79 Å². The highest BCUT2D eigenvalue weighted by Gasteiger charge is 2.12. The summed E-state index contributed by atoms with van der Waals surface area (Å²) >= 11 is 1.61. The molecule has 1 heterocycles. The van der Waals surface area contributed by atoms with E-state index in [0.717, 1.165) is 5.75 Å². The Labute approximate surface area is 97.7 Å². The highest BCUT2D eigenvalue weighted by molar-refractivity contribution is 7.98. The summed E-state index contributed by atoms with van der Waals surface area (Å²) in [7, 11) is 3.05. The molecule has 0 aliphatic carbocycles. The minimum atomic E-state index is -0.549. The number of methoxy groups -OCH3 is 1. The molecule has 16 heavy (non-hydrogen) atoms. The number of hydrogen-bond donors (Lipinski definition) is 1. The van der Waals surface area contributed by atoms with Gasteiger partial charge in [-0.1, -0.05) is 0 Å². The molecule has 0 amide bonds. The number of esters is 1. The van der Waals surface area contributed by atoms with Crippen molar-refractivity contribution in [3.05, 3.63) is 5.82 Å². The average molecular weight is 245 g/mol. The fraction of sp³-hybridized carbons (Fsp3) is 0.750. The molecule has 0 aliphatic rings. The number of tetrazole rings is 1. The van der Waals surface area contributed by atoms with Gasteiger partial charge in [0.25, 0.3) is 0 Å². The van der Waals surface area contributed by atoms with E-state index in [9.17, 15) is 4.79 Å². The van der Waals surface area contributed by atoms with Crippen molar-refractivity contribution in [2.45, 2.75) is 18.2 Å². The molecule has 7 nitrogen and oxygen atoms in total. The van der Waals surface area contributed by atoms with E-state index in [1.807, 2.05) is 0 Å². The van der Waals surface area contributed by atoms with E-state index in [1.165, 1.54) is 11.9 Å². The van der Waals surface area contributed by atoms with Crippen LogP contribution in [0.4, 0.5) is 0 Å². The second-order valence-electron chi connectivity index (χ2n) is 3.17. The summed E-state index contributed by atoms with van der Waals surface area (Å²) in [5, 5.41) is 11.6. The average Bonchev–Trinajstić information content (AvgIpc) is 2.69. The van der Waals surface area contributed by atoms with Crippen molar-refractivity contribution >= 4 is 17.7 Å². The number of thioether (sulfide) groups is 1. The van der Waals surface area contributed by atoms with Crippen LogP contribution in [-0.4, -0.2) is 45.1 Å². The molecule has 0 aliphatic heterocycles. The van der Waals surface area contributed by atoms with Crippen LogP contribution < -0.4 is 5.73 Å². The van der Waals surface area contributed by atoms with Gasteiger partial charge in [-0.2, -0.15) is 16.6 Å². The maximum absolute atomic E-state index is 11.0. The first-order chi connectivity index (χ1) is 7.63. The fourth-order valence-corrected chi connectivity index (χ4v) is 1.89. The van der Waals surface area contributed by atoms with Gasteiger partial charge in [-0.25, -0.2) is 0 Å². The number of carbonyl (C=O) groups is 1. The molecule has 0 radical (unpaired) electrons. The quantitative estimate of drug-likeness (QED) is 0.524. The minimum Gasteiger partial charge on any atom is -0.468 e. The van der Waals surface area contributed by atoms with Crippen LogP contribution in [0.15, 0.2) is 0 Å². The number of nitrogens with two attached hydrogens (primary N) is 1. The van der Waals surface area contributed by atoms with E-state index in [1.54, 1.807) is 18.8 Å². The number of aromatic nitrogens is 4. The molecule has 2 N–H and O–H groups in total. The molecule has 8 heteroatoms. The SMILES string of the molecule is COC(=O)C(N)CCSCc1nnn(C)n1. The van der Waals surface area contributed by atoms with Crippen molar-refractivity contribution in [1.29, 1.82) is 0 Å².